The van der Waals surface area contributed by atoms with Crippen molar-refractivity contribution in [3.63, 3.8) is 0 Å². The molecule has 2 N–H and O–H groups in total. The monoisotopic (exact) mass is 332 g/mol. The molecule has 0 unspecified atom stereocenters. The molecule has 1 aliphatic heterocycles. The lowest BCUT2D eigenvalue weighted by atomic mass is 9.74. The Balaban J connectivity index is 1.53. The van der Waals surface area contributed by atoms with Crippen molar-refractivity contribution in [2.45, 2.75) is 52.6 Å². The number of hydrogen-bond donors (Lipinski definition) is 2. The summed E-state index contributed by atoms with van der Waals surface area (Å²) in [6, 6.07) is 5.94. The maximum absolute atomic E-state index is 12.3. The van der Waals surface area contributed by atoms with Crippen molar-refractivity contribution in [1.82, 2.24) is 10.6 Å². The van der Waals surface area contributed by atoms with Gasteiger partial charge in [-0.25, -0.2) is 4.79 Å². The minimum atomic E-state index is -0.0857. The third kappa shape index (κ3) is 3.94. The summed E-state index contributed by atoms with van der Waals surface area (Å²) in [6.07, 6.45) is 3.53. The van der Waals surface area contributed by atoms with Gasteiger partial charge in [-0.3, -0.25) is 0 Å². The van der Waals surface area contributed by atoms with Crippen LogP contribution in [-0.4, -0.2) is 18.9 Å². The van der Waals surface area contributed by atoms with E-state index >= 15 is 0 Å². The number of hydrogen-bond acceptors (Lipinski definition) is 3. The fourth-order valence-corrected chi connectivity index (χ4v) is 3.82. The van der Waals surface area contributed by atoms with E-state index in [1.54, 1.807) is 0 Å². The number of carbonyl (C=O) groups excluding carboxylic acids is 1. The smallest absolute Gasteiger partial charge is 0.315 e. The van der Waals surface area contributed by atoms with Gasteiger partial charge in [0, 0.05) is 12.6 Å². The van der Waals surface area contributed by atoms with Gasteiger partial charge in [-0.1, -0.05) is 33.3 Å². The van der Waals surface area contributed by atoms with E-state index in [9.17, 15) is 4.79 Å². The predicted octanol–water partition coefficient (Wildman–Crippen LogP) is 3.68. The van der Waals surface area contributed by atoms with Crippen molar-refractivity contribution in [3.05, 3.63) is 23.8 Å². The van der Waals surface area contributed by atoms with Crippen molar-refractivity contribution in [3.8, 4) is 11.5 Å². The zero-order valence-electron chi connectivity index (χ0n) is 14.8. The van der Waals surface area contributed by atoms with Crippen LogP contribution in [0.3, 0.4) is 0 Å². The molecule has 1 fully saturated rings. The second-order valence-electron chi connectivity index (χ2n) is 7.45. The molecule has 1 heterocycles. The van der Waals surface area contributed by atoms with Crippen molar-refractivity contribution >= 4 is 6.03 Å². The molecule has 1 aromatic rings. The van der Waals surface area contributed by atoms with E-state index in [0.717, 1.165) is 23.5 Å². The molecule has 0 bridgehead atoms. The Morgan fingerprint density at radius 2 is 2.04 bits per heavy atom. The minimum Gasteiger partial charge on any atom is -0.454 e. The van der Waals surface area contributed by atoms with Crippen molar-refractivity contribution in [2.75, 3.05) is 6.79 Å². The number of ether oxygens (including phenoxy) is 2. The van der Waals surface area contributed by atoms with E-state index in [4.69, 9.17) is 9.47 Å². The molecule has 0 spiro atoms. The van der Waals surface area contributed by atoms with E-state index in [1.807, 2.05) is 18.2 Å². The van der Waals surface area contributed by atoms with Gasteiger partial charge >= 0.3 is 6.03 Å². The lowest BCUT2D eigenvalue weighted by molar-refractivity contribution is 0.168. The summed E-state index contributed by atoms with van der Waals surface area (Å²) in [7, 11) is 0. The first-order valence-electron chi connectivity index (χ1n) is 8.96. The van der Waals surface area contributed by atoms with E-state index in [2.05, 4.69) is 31.4 Å². The summed E-state index contributed by atoms with van der Waals surface area (Å²) in [5.41, 5.74) is 1.01. The quantitative estimate of drug-likeness (QED) is 0.884. The van der Waals surface area contributed by atoms with Gasteiger partial charge in [0.2, 0.25) is 6.79 Å². The van der Waals surface area contributed by atoms with Gasteiger partial charge in [0.05, 0.1) is 0 Å². The summed E-state index contributed by atoms with van der Waals surface area (Å²) < 4.78 is 10.7. The van der Waals surface area contributed by atoms with Crippen LogP contribution in [0.2, 0.25) is 0 Å². The molecule has 0 aromatic heterocycles. The molecule has 0 saturated heterocycles. The molecule has 24 heavy (non-hydrogen) atoms. The van der Waals surface area contributed by atoms with Crippen LogP contribution in [0, 0.1) is 17.8 Å². The summed E-state index contributed by atoms with van der Waals surface area (Å²) in [6.45, 7) is 7.52. The highest BCUT2D eigenvalue weighted by molar-refractivity contribution is 5.74. The Labute approximate surface area is 144 Å². The van der Waals surface area contributed by atoms with Gasteiger partial charge in [-0.2, -0.15) is 0 Å². The van der Waals surface area contributed by atoms with Crippen LogP contribution in [0.5, 0.6) is 11.5 Å². The second-order valence-corrected chi connectivity index (χ2v) is 7.45. The van der Waals surface area contributed by atoms with Crippen LogP contribution in [0.25, 0.3) is 0 Å². The largest absolute Gasteiger partial charge is 0.454 e. The Morgan fingerprint density at radius 1 is 1.25 bits per heavy atom. The van der Waals surface area contributed by atoms with Gasteiger partial charge in [-0.15, -0.1) is 0 Å². The molecule has 1 aromatic carbocycles. The Bertz CT molecular complexity index is 588. The summed E-state index contributed by atoms with van der Waals surface area (Å²) in [4.78, 5) is 12.3. The number of carbonyl (C=O) groups is 1. The van der Waals surface area contributed by atoms with E-state index in [1.165, 1.54) is 12.8 Å². The molecule has 2 aliphatic rings. The first kappa shape index (κ1) is 16.9. The summed E-state index contributed by atoms with van der Waals surface area (Å²) in [5, 5.41) is 6.16. The first-order chi connectivity index (χ1) is 11.5. The van der Waals surface area contributed by atoms with Gasteiger partial charge in [0.15, 0.2) is 11.5 Å². The van der Waals surface area contributed by atoms with Crippen molar-refractivity contribution < 1.29 is 14.3 Å². The Hall–Kier alpha value is -1.91. The van der Waals surface area contributed by atoms with Gasteiger partial charge in [-0.05, 0) is 48.3 Å². The molecule has 3 rings (SSSR count). The van der Waals surface area contributed by atoms with Crippen LogP contribution >= 0.6 is 0 Å². The first-order valence-corrected chi connectivity index (χ1v) is 8.96. The van der Waals surface area contributed by atoms with E-state index in [-0.39, 0.29) is 18.9 Å². The molecule has 132 valence electrons. The molecule has 1 aliphatic carbocycles. The molecular weight excluding hydrogens is 304 g/mol. The fraction of sp³-hybridized carbons (Fsp3) is 0.632. The van der Waals surface area contributed by atoms with Gasteiger partial charge in [0.1, 0.15) is 0 Å². The van der Waals surface area contributed by atoms with Crippen LogP contribution in [0.4, 0.5) is 4.79 Å². The zero-order valence-corrected chi connectivity index (χ0v) is 14.8. The van der Waals surface area contributed by atoms with E-state index < -0.39 is 0 Å². The number of fused-ring (bicyclic) bond motifs is 1. The summed E-state index contributed by atoms with van der Waals surface area (Å²) in [5.74, 6) is 3.35. The third-order valence-corrected chi connectivity index (χ3v) is 5.23. The summed E-state index contributed by atoms with van der Waals surface area (Å²) >= 11 is 0. The standard InChI is InChI=1S/C19H28N2O3/c1-12(2)15-6-4-13(3)8-16(15)21-19(22)20-10-14-5-7-17-18(9-14)24-11-23-17/h5,7,9,12-13,15-16H,4,6,8,10-11H2,1-3H3,(H2,20,21,22)/t13-,15+,16+/m1/s1. The highest BCUT2D eigenvalue weighted by atomic mass is 16.7. The predicted molar refractivity (Wildman–Crippen MR) is 93.1 cm³/mol. The SMILES string of the molecule is CC(C)[C@@H]1CC[C@@H](C)C[C@@H]1NC(=O)NCc1ccc2c(c1)OCO2. The van der Waals surface area contributed by atoms with Gasteiger partial charge < -0.3 is 20.1 Å². The van der Waals surface area contributed by atoms with E-state index in [0.29, 0.717) is 24.3 Å². The van der Waals surface area contributed by atoms with Crippen molar-refractivity contribution in [1.29, 1.82) is 0 Å². The lowest BCUT2D eigenvalue weighted by Gasteiger charge is -2.37. The molecule has 5 heteroatoms. The Morgan fingerprint density at radius 3 is 2.83 bits per heavy atom. The number of rotatable bonds is 4. The van der Waals surface area contributed by atoms with Gasteiger partial charge in [0.25, 0.3) is 0 Å². The van der Waals surface area contributed by atoms with Crippen LogP contribution < -0.4 is 20.1 Å². The number of benzene rings is 1. The minimum absolute atomic E-state index is 0.0857. The molecular formula is C19H28N2O3. The Kier molecular flexibility index (Phi) is 5.17. The number of amides is 2. The molecule has 5 nitrogen and oxygen atoms in total. The average Bonchev–Trinajstić information content (AvgIpc) is 3.00. The molecule has 2 amide bonds. The maximum atomic E-state index is 12.3. The van der Waals surface area contributed by atoms with Crippen LogP contribution in [0.1, 0.15) is 45.6 Å². The molecule has 0 radical (unpaired) electrons. The normalized spacial score (nSPS) is 25.6. The third-order valence-electron chi connectivity index (χ3n) is 5.23. The fourth-order valence-electron chi connectivity index (χ4n) is 3.82. The topological polar surface area (TPSA) is 59.6 Å². The highest BCUT2D eigenvalue weighted by Gasteiger charge is 2.31. The number of nitrogens with one attached hydrogen (secondary N) is 2. The van der Waals surface area contributed by atoms with Crippen LogP contribution in [-0.2, 0) is 6.54 Å². The maximum Gasteiger partial charge on any atom is 0.315 e. The number of urea groups is 1. The highest BCUT2D eigenvalue weighted by Crippen LogP contribution is 2.34. The molecule has 3 atom stereocenters. The average molecular weight is 332 g/mol. The zero-order chi connectivity index (χ0) is 17.1. The van der Waals surface area contributed by atoms with Crippen molar-refractivity contribution in [2.24, 2.45) is 17.8 Å². The van der Waals surface area contributed by atoms with Crippen LogP contribution in [0.15, 0.2) is 18.2 Å². The lowest BCUT2D eigenvalue weighted by Crippen LogP contribution is -2.49. The molecule has 1 saturated carbocycles. The second kappa shape index (κ2) is 7.32.